The topological polar surface area (TPSA) is 70.8 Å². The number of hydrogen-bond acceptors (Lipinski definition) is 5. The summed E-state index contributed by atoms with van der Waals surface area (Å²) in [5.41, 5.74) is 0.951. The first kappa shape index (κ1) is 16.3. The molecule has 1 aromatic heterocycles. The normalized spacial score (nSPS) is 23.9. The minimum Gasteiger partial charge on any atom is -0.376 e. The zero-order valence-corrected chi connectivity index (χ0v) is 14.0. The second kappa shape index (κ2) is 7.31. The third-order valence-electron chi connectivity index (χ3n) is 4.60. The molecule has 3 rings (SSSR count). The van der Waals surface area contributed by atoms with Crippen molar-refractivity contribution in [1.82, 2.24) is 20.3 Å². The lowest BCUT2D eigenvalue weighted by molar-refractivity contribution is 0.0799. The van der Waals surface area contributed by atoms with Gasteiger partial charge in [-0.3, -0.25) is 4.90 Å². The minimum atomic E-state index is 0.0185. The fourth-order valence-corrected chi connectivity index (χ4v) is 3.21. The molecule has 0 radical (unpaired) electrons. The Balaban J connectivity index is 1.41. The molecule has 7 nitrogen and oxygen atoms in total. The fourth-order valence-electron chi connectivity index (χ4n) is 3.21. The van der Waals surface area contributed by atoms with Gasteiger partial charge in [0.2, 0.25) is 0 Å². The average molecular weight is 322 g/mol. The molecule has 23 heavy (non-hydrogen) atoms. The van der Waals surface area contributed by atoms with Crippen LogP contribution in [0, 0.1) is 6.92 Å². The summed E-state index contributed by atoms with van der Waals surface area (Å²) in [6.07, 6.45) is 2.29. The lowest BCUT2D eigenvalue weighted by Crippen LogP contribution is -2.54. The molecule has 2 fully saturated rings. The quantitative estimate of drug-likeness (QED) is 0.907. The molecule has 0 saturated carbocycles. The van der Waals surface area contributed by atoms with Crippen LogP contribution >= 0.6 is 0 Å². The van der Waals surface area contributed by atoms with Gasteiger partial charge in [0, 0.05) is 45.4 Å². The maximum Gasteiger partial charge on any atom is 0.317 e. The van der Waals surface area contributed by atoms with Gasteiger partial charge in [0.25, 0.3) is 0 Å². The zero-order valence-electron chi connectivity index (χ0n) is 14.0. The van der Waals surface area contributed by atoms with Gasteiger partial charge in [-0.1, -0.05) is 5.16 Å². The summed E-state index contributed by atoms with van der Waals surface area (Å²) >= 11 is 0. The van der Waals surface area contributed by atoms with E-state index in [-0.39, 0.29) is 18.2 Å². The monoisotopic (exact) mass is 322 g/mol. The maximum atomic E-state index is 12.3. The summed E-state index contributed by atoms with van der Waals surface area (Å²) in [6, 6.07) is 2.05. The first-order valence-electron chi connectivity index (χ1n) is 8.43. The summed E-state index contributed by atoms with van der Waals surface area (Å²) in [6.45, 7) is 8.69. The predicted molar refractivity (Wildman–Crippen MR) is 85.1 cm³/mol. The molecule has 2 amide bonds. The molecule has 0 aromatic carbocycles. The van der Waals surface area contributed by atoms with Crippen molar-refractivity contribution < 1.29 is 14.1 Å². The number of aryl methyl sites for hydroxylation is 1. The van der Waals surface area contributed by atoms with Gasteiger partial charge in [-0.05, 0) is 26.7 Å². The second-order valence-electron chi connectivity index (χ2n) is 6.48. The average Bonchev–Trinajstić information content (AvgIpc) is 3.20. The van der Waals surface area contributed by atoms with E-state index in [1.165, 1.54) is 0 Å². The van der Waals surface area contributed by atoms with Crippen LogP contribution in [0.5, 0.6) is 0 Å². The van der Waals surface area contributed by atoms with E-state index in [0.29, 0.717) is 0 Å². The number of rotatable bonds is 4. The van der Waals surface area contributed by atoms with Crippen LogP contribution in [0.3, 0.4) is 0 Å². The van der Waals surface area contributed by atoms with Gasteiger partial charge >= 0.3 is 6.03 Å². The highest BCUT2D eigenvalue weighted by molar-refractivity contribution is 5.74. The van der Waals surface area contributed by atoms with Crippen LogP contribution in [0.4, 0.5) is 4.79 Å². The molecule has 0 spiro atoms. The van der Waals surface area contributed by atoms with E-state index in [1.54, 1.807) is 0 Å². The van der Waals surface area contributed by atoms with Crippen LogP contribution in [0.25, 0.3) is 0 Å². The molecule has 2 aliphatic heterocycles. The third kappa shape index (κ3) is 4.23. The number of carbonyl (C=O) groups excluding carboxylic acids is 1. The van der Waals surface area contributed by atoms with Gasteiger partial charge in [-0.25, -0.2) is 4.79 Å². The number of aromatic nitrogens is 1. The Bertz CT molecular complexity index is 519. The van der Waals surface area contributed by atoms with Gasteiger partial charge in [0.1, 0.15) is 5.76 Å². The Morgan fingerprint density at radius 3 is 2.83 bits per heavy atom. The maximum absolute atomic E-state index is 12.3. The van der Waals surface area contributed by atoms with E-state index in [0.717, 1.165) is 63.6 Å². The van der Waals surface area contributed by atoms with Crippen molar-refractivity contribution in [3.8, 4) is 0 Å². The standard InChI is InChI=1S/C16H26N4O3/c1-12-10-14(18-23-12)11-19-5-7-20(8-6-19)16(21)17-13(2)15-4-3-9-22-15/h10,13,15H,3-9,11H2,1-2H3,(H,17,21)/t13-,15+/m1/s1. The van der Waals surface area contributed by atoms with Crippen LogP contribution in [-0.2, 0) is 11.3 Å². The van der Waals surface area contributed by atoms with Crippen LogP contribution in [-0.4, -0.2) is 65.9 Å². The molecule has 1 N–H and O–H groups in total. The van der Waals surface area contributed by atoms with Gasteiger partial charge in [0.05, 0.1) is 17.8 Å². The second-order valence-corrected chi connectivity index (χ2v) is 6.48. The number of piperazine rings is 1. The smallest absolute Gasteiger partial charge is 0.317 e. The Morgan fingerprint density at radius 1 is 1.43 bits per heavy atom. The highest BCUT2D eigenvalue weighted by Gasteiger charge is 2.27. The molecule has 3 heterocycles. The molecule has 0 unspecified atom stereocenters. The number of hydrogen-bond donors (Lipinski definition) is 1. The molecule has 2 saturated heterocycles. The Labute approximate surface area is 136 Å². The predicted octanol–water partition coefficient (Wildman–Crippen LogP) is 1.38. The van der Waals surface area contributed by atoms with E-state index in [4.69, 9.17) is 9.26 Å². The van der Waals surface area contributed by atoms with Crippen molar-refractivity contribution in [2.45, 2.75) is 45.4 Å². The van der Waals surface area contributed by atoms with E-state index < -0.39 is 0 Å². The number of ether oxygens (including phenoxy) is 1. The summed E-state index contributed by atoms with van der Waals surface area (Å²) < 4.78 is 10.7. The van der Waals surface area contributed by atoms with Gasteiger partial charge in [-0.15, -0.1) is 0 Å². The van der Waals surface area contributed by atoms with Crippen molar-refractivity contribution in [3.63, 3.8) is 0 Å². The molecular formula is C16H26N4O3. The number of carbonyl (C=O) groups is 1. The molecule has 2 atom stereocenters. The van der Waals surface area contributed by atoms with Crippen LogP contribution < -0.4 is 5.32 Å². The van der Waals surface area contributed by atoms with Crippen molar-refractivity contribution in [3.05, 3.63) is 17.5 Å². The Hall–Kier alpha value is -1.60. The van der Waals surface area contributed by atoms with Crippen molar-refractivity contribution in [2.24, 2.45) is 0 Å². The van der Waals surface area contributed by atoms with E-state index in [2.05, 4.69) is 15.4 Å². The zero-order chi connectivity index (χ0) is 16.2. The molecule has 7 heteroatoms. The van der Waals surface area contributed by atoms with Gasteiger partial charge in [-0.2, -0.15) is 0 Å². The van der Waals surface area contributed by atoms with Crippen molar-refractivity contribution in [1.29, 1.82) is 0 Å². The Morgan fingerprint density at radius 2 is 2.22 bits per heavy atom. The summed E-state index contributed by atoms with van der Waals surface area (Å²) in [5, 5.41) is 7.10. The SMILES string of the molecule is Cc1cc(CN2CCN(C(=O)N[C@H](C)[C@@H]3CCCO3)CC2)no1. The molecule has 0 aliphatic carbocycles. The molecule has 128 valence electrons. The summed E-state index contributed by atoms with van der Waals surface area (Å²) in [4.78, 5) is 16.5. The first-order valence-corrected chi connectivity index (χ1v) is 8.43. The fraction of sp³-hybridized carbons (Fsp3) is 0.750. The number of amides is 2. The highest BCUT2D eigenvalue weighted by atomic mass is 16.5. The molecular weight excluding hydrogens is 296 g/mol. The lowest BCUT2D eigenvalue weighted by Gasteiger charge is -2.35. The van der Waals surface area contributed by atoms with Gasteiger partial charge < -0.3 is 19.5 Å². The van der Waals surface area contributed by atoms with Crippen molar-refractivity contribution in [2.75, 3.05) is 32.8 Å². The van der Waals surface area contributed by atoms with Crippen LogP contribution in [0.2, 0.25) is 0 Å². The van der Waals surface area contributed by atoms with E-state index >= 15 is 0 Å². The lowest BCUT2D eigenvalue weighted by atomic mass is 10.1. The molecule has 0 bridgehead atoms. The van der Waals surface area contributed by atoms with Gasteiger partial charge in [0.15, 0.2) is 0 Å². The summed E-state index contributed by atoms with van der Waals surface area (Å²) in [5.74, 6) is 0.834. The highest BCUT2D eigenvalue weighted by Crippen LogP contribution is 2.16. The Kier molecular flexibility index (Phi) is 5.17. The molecule has 1 aromatic rings. The third-order valence-corrected chi connectivity index (χ3v) is 4.60. The van der Waals surface area contributed by atoms with E-state index in [1.807, 2.05) is 24.8 Å². The minimum absolute atomic E-state index is 0.0185. The number of urea groups is 1. The van der Waals surface area contributed by atoms with Crippen molar-refractivity contribution >= 4 is 6.03 Å². The molecule has 2 aliphatic rings. The van der Waals surface area contributed by atoms with Crippen LogP contribution in [0.15, 0.2) is 10.6 Å². The van der Waals surface area contributed by atoms with Crippen LogP contribution in [0.1, 0.15) is 31.2 Å². The number of nitrogens with one attached hydrogen (secondary N) is 1. The summed E-state index contributed by atoms with van der Waals surface area (Å²) in [7, 11) is 0. The van der Waals surface area contributed by atoms with E-state index in [9.17, 15) is 4.79 Å². The first-order chi connectivity index (χ1) is 11.1. The number of nitrogens with zero attached hydrogens (tertiary/aromatic N) is 3. The largest absolute Gasteiger partial charge is 0.376 e.